The van der Waals surface area contributed by atoms with Crippen LogP contribution in [0.2, 0.25) is 10.0 Å². The van der Waals surface area contributed by atoms with Crippen LogP contribution in [0.3, 0.4) is 0 Å². The number of phenols is 1. The van der Waals surface area contributed by atoms with Crippen LogP contribution < -0.4 is 4.74 Å². The largest absolute Gasteiger partial charge is 0.508 e. The van der Waals surface area contributed by atoms with E-state index in [-0.39, 0.29) is 34.6 Å². The van der Waals surface area contributed by atoms with E-state index in [0.29, 0.717) is 5.56 Å². The van der Waals surface area contributed by atoms with Gasteiger partial charge in [-0.1, -0.05) is 41.4 Å². The predicted octanol–water partition coefficient (Wildman–Crippen LogP) is 5.34. The van der Waals surface area contributed by atoms with Crippen LogP contribution >= 0.6 is 23.2 Å². The molecule has 0 heterocycles. The number of hydrogen-bond donors (Lipinski definition) is 1. The zero-order chi connectivity index (χ0) is 16.3. The second kappa shape index (κ2) is 6.67. The van der Waals surface area contributed by atoms with Crippen molar-refractivity contribution in [2.45, 2.75) is 12.6 Å². The van der Waals surface area contributed by atoms with Crippen LogP contribution in [0.5, 0.6) is 11.5 Å². The van der Waals surface area contributed by atoms with Crippen molar-refractivity contribution >= 4 is 23.2 Å². The highest BCUT2D eigenvalue weighted by Gasteiger charge is 2.30. The SMILES string of the molecule is Oc1cc(Cl)c(OCCc2cccc(C(F)(F)F)c2)c(Cl)c1. The zero-order valence-corrected chi connectivity index (χ0v) is 12.6. The highest BCUT2D eigenvalue weighted by atomic mass is 35.5. The van der Waals surface area contributed by atoms with Crippen LogP contribution in [-0.2, 0) is 12.6 Å². The first-order valence-electron chi connectivity index (χ1n) is 6.24. The van der Waals surface area contributed by atoms with Crippen molar-refractivity contribution in [3.8, 4) is 11.5 Å². The van der Waals surface area contributed by atoms with Crippen molar-refractivity contribution in [1.82, 2.24) is 0 Å². The first kappa shape index (κ1) is 16.8. The number of aromatic hydroxyl groups is 1. The van der Waals surface area contributed by atoms with E-state index >= 15 is 0 Å². The third kappa shape index (κ3) is 4.21. The zero-order valence-electron chi connectivity index (χ0n) is 11.1. The van der Waals surface area contributed by atoms with Crippen molar-refractivity contribution < 1.29 is 23.0 Å². The van der Waals surface area contributed by atoms with E-state index in [9.17, 15) is 18.3 Å². The summed E-state index contributed by atoms with van der Waals surface area (Å²) in [5, 5.41) is 9.56. The quantitative estimate of drug-likeness (QED) is 0.806. The van der Waals surface area contributed by atoms with E-state index in [1.165, 1.54) is 18.2 Å². The van der Waals surface area contributed by atoms with Gasteiger partial charge >= 0.3 is 6.18 Å². The van der Waals surface area contributed by atoms with Crippen LogP contribution in [0.4, 0.5) is 13.2 Å². The van der Waals surface area contributed by atoms with Gasteiger partial charge in [-0.2, -0.15) is 13.2 Å². The van der Waals surface area contributed by atoms with Crippen LogP contribution in [-0.4, -0.2) is 11.7 Å². The highest BCUT2D eigenvalue weighted by Crippen LogP contribution is 2.36. The minimum Gasteiger partial charge on any atom is -0.508 e. The Morgan fingerprint density at radius 1 is 1.05 bits per heavy atom. The van der Waals surface area contributed by atoms with Gasteiger partial charge in [0.25, 0.3) is 0 Å². The van der Waals surface area contributed by atoms with E-state index in [4.69, 9.17) is 27.9 Å². The molecular weight excluding hydrogens is 340 g/mol. The fourth-order valence-electron chi connectivity index (χ4n) is 1.86. The molecular formula is C15H11Cl2F3O2. The maximum Gasteiger partial charge on any atom is 0.416 e. The minimum atomic E-state index is -4.37. The molecule has 22 heavy (non-hydrogen) atoms. The summed E-state index contributed by atoms with van der Waals surface area (Å²) in [6, 6.07) is 7.55. The predicted molar refractivity (Wildman–Crippen MR) is 78.8 cm³/mol. The summed E-state index contributed by atoms with van der Waals surface area (Å²) in [6.07, 6.45) is -4.11. The first-order chi connectivity index (χ1) is 10.3. The van der Waals surface area contributed by atoms with Gasteiger partial charge in [-0.05, 0) is 11.6 Å². The smallest absolute Gasteiger partial charge is 0.416 e. The molecule has 0 fully saturated rings. The molecule has 2 aromatic rings. The lowest BCUT2D eigenvalue weighted by molar-refractivity contribution is -0.137. The van der Waals surface area contributed by atoms with Crippen LogP contribution in [0.1, 0.15) is 11.1 Å². The van der Waals surface area contributed by atoms with E-state index in [0.717, 1.165) is 12.1 Å². The molecule has 0 atom stereocenters. The van der Waals surface area contributed by atoms with E-state index in [1.807, 2.05) is 0 Å². The number of phenolic OH excluding ortho intramolecular Hbond substituents is 1. The van der Waals surface area contributed by atoms with Gasteiger partial charge in [0.15, 0.2) is 5.75 Å². The maximum absolute atomic E-state index is 12.6. The summed E-state index contributed by atoms with van der Waals surface area (Å²) in [4.78, 5) is 0. The Morgan fingerprint density at radius 2 is 1.68 bits per heavy atom. The molecule has 0 aromatic heterocycles. The molecule has 2 nitrogen and oxygen atoms in total. The molecule has 0 radical (unpaired) electrons. The normalized spacial score (nSPS) is 11.5. The average Bonchev–Trinajstić information content (AvgIpc) is 2.41. The number of rotatable bonds is 4. The van der Waals surface area contributed by atoms with Crippen LogP contribution in [0.25, 0.3) is 0 Å². The molecule has 0 aliphatic rings. The van der Waals surface area contributed by atoms with Crippen molar-refractivity contribution in [2.24, 2.45) is 0 Å². The summed E-state index contributed by atoms with van der Waals surface area (Å²) in [7, 11) is 0. The second-order valence-electron chi connectivity index (χ2n) is 4.54. The molecule has 0 saturated carbocycles. The van der Waals surface area contributed by atoms with Crippen molar-refractivity contribution in [3.63, 3.8) is 0 Å². The minimum absolute atomic E-state index is 0.0970. The van der Waals surface area contributed by atoms with Gasteiger partial charge in [-0.3, -0.25) is 0 Å². The molecule has 118 valence electrons. The van der Waals surface area contributed by atoms with Gasteiger partial charge in [0.2, 0.25) is 0 Å². The first-order valence-corrected chi connectivity index (χ1v) is 7.00. The number of alkyl halides is 3. The van der Waals surface area contributed by atoms with Crippen LogP contribution in [0.15, 0.2) is 36.4 Å². The number of ether oxygens (including phenoxy) is 1. The Morgan fingerprint density at radius 3 is 2.27 bits per heavy atom. The molecule has 0 saturated heterocycles. The van der Waals surface area contributed by atoms with Crippen molar-refractivity contribution in [2.75, 3.05) is 6.61 Å². The Hall–Kier alpha value is -1.59. The van der Waals surface area contributed by atoms with Crippen molar-refractivity contribution in [1.29, 1.82) is 0 Å². The average molecular weight is 351 g/mol. The summed E-state index contributed by atoms with van der Waals surface area (Å²) < 4.78 is 43.2. The topological polar surface area (TPSA) is 29.5 Å². The Balaban J connectivity index is 2.03. The number of benzene rings is 2. The molecule has 0 amide bonds. The van der Waals surface area contributed by atoms with Gasteiger partial charge in [0.05, 0.1) is 22.2 Å². The lowest BCUT2D eigenvalue weighted by atomic mass is 10.1. The summed E-state index contributed by atoms with van der Waals surface area (Å²) in [5.74, 6) is 0.0911. The van der Waals surface area contributed by atoms with Crippen LogP contribution in [0, 0.1) is 0 Å². The molecule has 2 aromatic carbocycles. The standard InChI is InChI=1S/C15H11Cl2F3O2/c16-12-7-11(21)8-13(17)14(12)22-5-4-9-2-1-3-10(6-9)15(18,19)20/h1-3,6-8,21H,4-5H2. The Bertz CT molecular complexity index is 649. The van der Waals surface area contributed by atoms with Crippen molar-refractivity contribution in [3.05, 3.63) is 57.6 Å². The molecule has 0 aliphatic carbocycles. The van der Waals surface area contributed by atoms with E-state index in [2.05, 4.69) is 0 Å². The molecule has 0 bridgehead atoms. The van der Waals surface area contributed by atoms with E-state index in [1.54, 1.807) is 6.07 Å². The third-order valence-corrected chi connectivity index (χ3v) is 3.44. The summed E-state index contributed by atoms with van der Waals surface area (Å²) >= 11 is 11.8. The molecule has 7 heteroatoms. The number of halogens is 5. The van der Waals surface area contributed by atoms with Gasteiger partial charge in [-0.25, -0.2) is 0 Å². The molecule has 0 unspecified atom stereocenters. The lowest BCUT2D eigenvalue weighted by Crippen LogP contribution is -2.07. The third-order valence-electron chi connectivity index (χ3n) is 2.87. The highest BCUT2D eigenvalue weighted by molar-refractivity contribution is 6.37. The Labute approximate surface area is 135 Å². The second-order valence-corrected chi connectivity index (χ2v) is 5.35. The maximum atomic E-state index is 12.6. The van der Waals surface area contributed by atoms with Gasteiger partial charge < -0.3 is 9.84 Å². The van der Waals surface area contributed by atoms with Gasteiger partial charge in [0, 0.05) is 18.6 Å². The fourth-order valence-corrected chi connectivity index (χ4v) is 2.44. The molecule has 0 aliphatic heterocycles. The Kier molecular flexibility index (Phi) is 5.08. The van der Waals surface area contributed by atoms with Gasteiger partial charge in [-0.15, -0.1) is 0 Å². The monoisotopic (exact) mass is 350 g/mol. The van der Waals surface area contributed by atoms with Gasteiger partial charge in [0.1, 0.15) is 5.75 Å². The molecule has 2 rings (SSSR count). The summed E-state index contributed by atoms with van der Waals surface area (Å²) in [5.41, 5.74) is -0.216. The number of hydrogen-bond acceptors (Lipinski definition) is 2. The summed E-state index contributed by atoms with van der Waals surface area (Å²) in [6.45, 7) is 0.103. The lowest BCUT2D eigenvalue weighted by Gasteiger charge is -2.11. The molecule has 0 spiro atoms. The van der Waals surface area contributed by atoms with E-state index < -0.39 is 11.7 Å². The fraction of sp³-hybridized carbons (Fsp3) is 0.200. The molecule has 1 N–H and O–H groups in total.